The maximum Gasteiger partial charge on any atom is 0.123 e. The zero-order valence-electron chi connectivity index (χ0n) is 24.5. The lowest BCUT2D eigenvalue weighted by molar-refractivity contribution is -0.0300. The normalized spacial score (nSPS) is 19.2. The van der Waals surface area contributed by atoms with Crippen molar-refractivity contribution in [2.24, 2.45) is 5.92 Å². The second kappa shape index (κ2) is 15.6. The molecule has 212 valence electrons. The fraction of sp³-hybridized carbons (Fsp3) is 0.647. The van der Waals surface area contributed by atoms with E-state index in [1.54, 1.807) is 12.1 Å². The number of hydrogen-bond donors (Lipinski definition) is 1. The summed E-state index contributed by atoms with van der Waals surface area (Å²) in [5.74, 6) is 1.12. The molecule has 0 saturated heterocycles. The van der Waals surface area contributed by atoms with Gasteiger partial charge in [-0.05, 0) is 86.0 Å². The Bertz CT molecular complexity index is 944. The van der Waals surface area contributed by atoms with E-state index in [2.05, 4.69) is 57.0 Å². The Balaban J connectivity index is 1.37. The van der Waals surface area contributed by atoms with Gasteiger partial charge in [-0.2, -0.15) is 0 Å². The number of hydrogen-bond acceptors (Lipinski definition) is 3. The molecule has 1 aliphatic rings. The van der Waals surface area contributed by atoms with Gasteiger partial charge in [0.1, 0.15) is 11.6 Å². The van der Waals surface area contributed by atoms with Crippen LogP contribution in [0.15, 0.2) is 42.5 Å². The minimum atomic E-state index is -0.749. The number of unbranched alkanes of at least 4 members (excludes halogenated alkanes) is 7. The van der Waals surface area contributed by atoms with Gasteiger partial charge in [0.15, 0.2) is 0 Å². The van der Waals surface area contributed by atoms with Crippen LogP contribution in [0.5, 0.6) is 5.75 Å². The molecule has 3 nitrogen and oxygen atoms in total. The van der Waals surface area contributed by atoms with Crippen molar-refractivity contribution in [1.82, 2.24) is 4.90 Å². The molecule has 0 radical (unpaired) electrons. The molecule has 3 rings (SSSR count). The van der Waals surface area contributed by atoms with Crippen LogP contribution in [-0.4, -0.2) is 42.4 Å². The van der Waals surface area contributed by atoms with Crippen LogP contribution in [0.2, 0.25) is 0 Å². The summed E-state index contributed by atoms with van der Waals surface area (Å²) in [6.45, 7) is 9.19. The van der Waals surface area contributed by atoms with Crippen LogP contribution in [0.25, 0.3) is 0 Å². The van der Waals surface area contributed by atoms with Crippen LogP contribution in [0, 0.1) is 11.7 Å². The molecule has 2 aromatic carbocycles. The van der Waals surface area contributed by atoms with Gasteiger partial charge < -0.3 is 14.7 Å². The van der Waals surface area contributed by atoms with E-state index in [0.717, 1.165) is 62.3 Å². The van der Waals surface area contributed by atoms with Crippen molar-refractivity contribution in [2.75, 3.05) is 26.7 Å². The van der Waals surface area contributed by atoms with Gasteiger partial charge in [0.2, 0.25) is 0 Å². The van der Waals surface area contributed by atoms with E-state index in [4.69, 9.17) is 4.74 Å². The number of halogens is 1. The third kappa shape index (κ3) is 9.38. The lowest BCUT2D eigenvalue weighted by atomic mass is 9.66. The number of likely N-dealkylation sites (N-methyl/N-ethyl adjacent to an activating group) is 1. The summed E-state index contributed by atoms with van der Waals surface area (Å²) in [5.41, 5.74) is 2.75. The first kappa shape index (κ1) is 30.6. The minimum Gasteiger partial charge on any atom is -0.494 e. The first-order valence-corrected chi connectivity index (χ1v) is 15.2. The monoisotopic (exact) mass is 525 g/mol. The maximum atomic E-state index is 13.8. The Labute approximate surface area is 231 Å². The van der Waals surface area contributed by atoms with E-state index in [9.17, 15) is 9.50 Å². The predicted octanol–water partition coefficient (Wildman–Crippen LogP) is 8.33. The molecule has 0 fully saturated rings. The number of ether oxygens (including phenoxy) is 1. The van der Waals surface area contributed by atoms with Gasteiger partial charge in [-0.1, -0.05) is 83.9 Å². The molecule has 2 atom stereocenters. The highest BCUT2D eigenvalue weighted by atomic mass is 19.1. The van der Waals surface area contributed by atoms with Crippen molar-refractivity contribution >= 4 is 0 Å². The zero-order valence-corrected chi connectivity index (χ0v) is 24.5. The van der Waals surface area contributed by atoms with Crippen LogP contribution < -0.4 is 4.74 Å². The van der Waals surface area contributed by atoms with Gasteiger partial charge >= 0.3 is 0 Å². The highest BCUT2D eigenvalue weighted by molar-refractivity contribution is 5.37. The Morgan fingerprint density at radius 3 is 2.34 bits per heavy atom. The topological polar surface area (TPSA) is 32.7 Å². The predicted molar refractivity (Wildman–Crippen MR) is 158 cm³/mol. The van der Waals surface area contributed by atoms with E-state index in [-0.39, 0.29) is 11.7 Å². The smallest absolute Gasteiger partial charge is 0.123 e. The Morgan fingerprint density at radius 2 is 1.66 bits per heavy atom. The van der Waals surface area contributed by atoms with Crippen molar-refractivity contribution in [2.45, 2.75) is 109 Å². The molecule has 2 aromatic rings. The zero-order chi connectivity index (χ0) is 27.4. The number of nitrogens with zero attached hydrogens (tertiary/aromatic N) is 1. The van der Waals surface area contributed by atoms with Crippen LogP contribution in [0.1, 0.15) is 108 Å². The SMILES string of the molecule is CCCCCCCCCCOc1ccc(CCN(C)CC[C@]2(O)CCc3cc(F)ccc3[C@H]2C(C)C)cc1. The Hall–Kier alpha value is -1.91. The molecule has 4 heteroatoms. The minimum absolute atomic E-state index is 0.0404. The molecule has 0 amide bonds. The van der Waals surface area contributed by atoms with Gasteiger partial charge in [-0.15, -0.1) is 0 Å². The summed E-state index contributed by atoms with van der Waals surface area (Å²) in [6, 6.07) is 13.6. The molecule has 0 saturated carbocycles. The van der Waals surface area contributed by atoms with Crippen molar-refractivity contribution in [3.8, 4) is 5.75 Å². The lowest BCUT2D eigenvalue weighted by Gasteiger charge is -2.44. The van der Waals surface area contributed by atoms with Crippen LogP contribution >= 0.6 is 0 Å². The maximum absolute atomic E-state index is 13.8. The highest BCUT2D eigenvalue weighted by Gasteiger charge is 2.43. The first-order valence-electron chi connectivity index (χ1n) is 15.2. The highest BCUT2D eigenvalue weighted by Crippen LogP contribution is 2.45. The standard InChI is InChI=1S/C34H52FNO2/c1-5-6-7-8-9-10-11-12-25-38-31-16-13-28(14-17-31)20-23-36(4)24-22-34(37)21-19-29-26-30(35)15-18-32(29)33(34)27(2)3/h13-18,26-27,33,37H,5-12,19-25H2,1-4H3/t33-,34-/m1/s1. The van der Waals surface area contributed by atoms with E-state index >= 15 is 0 Å². The van der Waals surface area contributed by atoms with Crippen molar-refractivity contribution in [3.05, 3.63) is 65.0 Å². The average molecular weight is 526 g/mol. The fourth-order valence-electron chi connectivity index (χ4n) is 6.14. The molecule has 1 aliphatic carbocycles. The molecule has 0 aromatic heterocycles. The van der Waals surface area contributed by atoms with E-state index in [1.807, 2.05) is 6.07 Å². The van der Waals surface area contributed by atoms with Gasteiger partial charge in [-0.3, -0.25) is 0 Å². The summed E-state index contributed by atoms with van der Waals surface area (Å²) in [5, 5.41) is 11.7. The van der Waals surface area contributed by atoms with E-state index in [1.165, 1.54) is 50.5 Å². The number of aryl methyl sites for hydroxylation is 1. The number of benzene rings is 2. The number of fused-ring (bicyclic) bond motifs is 1. The Kier molecular flexibility index (Phi) is 12.6. The van der Waals surface area contributed by atoms with Gasteiger partial charge in [0.05, 0.1) is 12.2 Å². The molecule has 38 heavy (non-hydrogen) atoms. The summed E-state index contributed by atoms with van der Waals surface area (Å²) in [4.78, 5) is 2.32. The van der Waals surface area contributed by atoms with Gasteiger partial charge in [0, 0.05) is 19.0 Å². The number of aliphatic hydroxyl groups is 1. The molecule has 0 bridgehead atoms. The first-order chi connectivity index (χ1) is 18.3. The van der Waals surface area contributed by atoms with Crippen molar-refractivity contribution in [1.29, 1.82) is 0 Å². The average Bonchev–Trinajstić information content (AvgIpc) is 2.90. The third-order valence-electron chi connectivity index (χ3n) is 8.41. The molecule has 0 spiro atoms. The lowest BCUT2D eigenvalue weighted by Crippen LogP contribution is -2.45. The Morgan fingerprint density at radius 1 is 0.974 bits per heavy atom. The van der Waals surface area contributed by atoms with Crippen molar-refractivity contribution < 1.29 is 14.2 Å². The summed E-state index contributed by atoms with van der Waals surface area (Å²) in [6.07, 6.45) is 13.7. The van der Waals surface area contributed by atoms with Gasteiger partial charge in [0.25, 0.3) is 0 Å². The van der Waals surface area contributed by atoms with E-state index < -0.39 is 5.60 Å². The van der Waals surface area contributed by atoms with Crippen molar-refractivity contribution in [3.63, 3.8) is 0 Å². The quantitative estimate of drug-likeness (QED) is 0.211. The molecule has 0 heterocycles. The molecule has 1 N–H and O–H groups in total. The molecule has 0 aliphatic heterocycles. The molecular weight excluding hydrogens is 473 g/mol. The third-order valence-corrected chi connectivity index (χ3v) is 8.41. The summed E-state index contributed by atoms with van der Waals surface area (Å²) >= 11 is 0. The second-order valence-corrected chi connectivity index (χ2v) is 11.9. The molecular formula is C34H52FNO2. The summed E-state index contributed by atoms with van der Waals surface area (Å²) < 4.78 is 19.7. The molecule has 0 unspecified atom stereocenters. The second-order valence-electron chi connectivity index (χ2n) is 11.9. The van der Waals surface area contributed by atoms with Crippen LogP contribution in [0.4, 0.5) is 4.39 Å². The van der Waals surface area contributed by atoms with E-state index in [0.29, 0.717) is 12.3 Å². The largest absolute Gasteiger partial charge is 0.494 e. The number of rotatable bonds is 17. The summed E-state index contributed by atoms with van der Waals surface area (Å²) in [7, 11) is 2.14. The fourth-order valence-corrected chi connectivity index (χ4v) is 6.14. The van der Waals surface area contributed by atoms with Crippen LogP contribution in [-0.2, 0) is 12.8 Å². The van der Waals surface area contributed by atoms with Crippen LogP contribution in [0.3, 0.4) is 0 Å². The van der Waals surface area contributed by atoms with Gasteiger partial charge in [-0.25, -0.2) is 4.39 Å².